The number of amides is 1. The van der Waals surface area contributed by atoms with E-state index in [0.717, 1.165) is 56.3 Å². The standard InChI is InChI=1S/C27H33N5O5S/c1-16-28-25-20(29-19-11-10-18(21-6-5-13-36-21)14-22(19)38(2,34)35)15-23(31-27(33)17-8-9-17)30-26(25)32(16)24-7-3-4-12-37-24/h10-11,14-15,17,21,24H,3-9,12-13H2,1-2H3,(H2,29,30,31,33). The lowest BCUT2D eigenvalue weighted by atomic mass is 10.1. The molecule has 10 nitrogen and oxygen atoms in total. The lowest BCUT2D eigenvalue weighted by Crippen LogP contribution is -2.20. The Bertz CT molecular complexity index is 1490. The van der Waals surface area contributed by atoms with Crippen molar-refractivity contribution in [1.82, 2.24) is 14.5 Å². The van der Waals surface area contributed by atoms with Gasteiger partial charge in [-0.3, -0.25) is 9.36 Å². The molecule has 3 aliphatic rings. The molecular weight excluding hydrogens is 506 g/mol. The van der Waals surface area contributed by atoms with Crippen molar-refractivity contribution in [2.45, 2.75) is 69.1 Å². The number of benzene rings is 1. The molecule has 202 valence electrons. The van der Waals surface area contributed by atoms with Gasteiger partial charge < -0.3 is 20.1 Å². The zero-order valence-corrected chi connectivity index (χ0v) is 22.5. The Kier molecular flexibility index (Phi) is 6.61. The first kappa shape index (κ1) is 25.3. The highest BCUT2D eigenvalue weighted by Gasteiger charge is 2.31. The second-order valence-corrected chi connectivity index (χ2v) is 12.5. The third-order valence-corrected chi connectivity index (χ3v) is 8.58. The number of nitrogens with zero attached hydrogens (tertiary/aromatic N) is 3. The second kappa shape index (κ2) is 9.94. The van der Waals surface area contributed by atoms with Crippen molar-refractivity contribution in [3.8, 4) is 0 Å². The van der Waals surface area contributed by atoms with Crippen LogP contribution in [0.2, 0.25) is 0 Å². The number of aryl methyl sites for hydroxylation is 1. The fourth-order valence-corrected chi connectivity index (χ4v) is 6.18. The summed E-state index contributed by atoms with van der Waals surface area (Å²) in [6.45, 7) is 3.25. The summed E-state index contributed by atoms with van der Waals surface area (Å²) in [5.74, 6) is 1.09. The number of nitrogens with one attached hydrogen (secondary N) is 2. The van der Waals surface area contributed by atoms with Gasteiger partial charge in [0.25, 0.3) is 0 Å². The molecule has 1 aliphatic carbocycles. The molecule has 38 heavy (non-hydrogen) atoms. The highest BCUT2D eigenvalue weighted by atomic mass is 32.2. The third-order valence-electron chi connectivity index (χ3n) is 7.44. The van der Waals surface area contributed by atoms with E-state index in [4.69, 9.17) is 19.4 Å². The molecule has 0 radical (unpaired) electrons. The van der Waals surface area contributed by atoms with Crippen molar-refractivity contribution < 1.29 is 22.7 Å². The van der Waals surface area contributed by atoms with E-state index in [2.05, 4.69) is 10.6 Å². The number of rotatable bonds is 7. The molecule has 1 saturated carbocycles. The quantitative estimate of drug-likeness (QED) is 0.439. The first-order valence-corrected chi connectivity index (χ1v) is 15.2. The summed E-state index contributed by atoms with van der Waals surface area (Å²) in [6, 6.07) is 7.10. The molecule has 0 spiro atoms. The van der Waals surface area contributed by atoms with Gasteiger partial charge in [0, 0.05) is 31.5 Å². The monoisotopic (exact) mass is 539 g/mol. The Labute approximate surface area is 222 Å². The highest BCUT2D eigenvalue weighted by Crippen LogP contribution is 2.37. The first-order valence-electron chi connectivity index (χ1n) is 13.3. The lowest BCUT2D eigenvalue weighted by molar-refractivity contribution is -0.117. The smallest absolute Gasteiger partial charge is 0.228 e. The van der Waals surface area contributed by atoms with Crippen LogP contribution in [-0.2, 0) is 24.1 Å². The van der Waals surface area contributed by atoms with Gasteiger partial charge in [-0.1, -0.05) is 6.07 Å². The van der Waals surface area contributed by atoms with Crippen LogP contribution in [0.3, 0.4) is 0 Å². The predicted octanol–water partition coefficient (Wildman–Crippen LogP) is 4.79. The fraction of sp³-hybridized carbons (Fsp3) is 0.519. The highest BCUT2D eigenvalue weighted by molar-refractivity contribution is 7.90. The first-order chi connectivity index (χ1) is 18.3. The zero-order valence-electron chi connectivity index (χ0n) is 21.7. The number of imidazole rings is 1. The van der Waals surface area contributed by atoms with Crippen LogP contribution < -0.4 is 10.6 Å². The molecule has 3 fully saturated rings. The van der Waals surface area contributed by atoms with E-state index in [1.807, 2.05) is 17.6 Å². The number of carbonyl (C=O) groups excluding carboxylic acids is 1. The molecule has 6 rings (SSSR count). The maximum atomic E-state index is 12.8. The summed E-state index contributed by atoms with van der Waals surface area (Å²) < 4.78 is 39.5. The zero-order chi connectivity index (χ0) is 26.4. The molecular formula is C27H33N5O5S. The summed E-state index contributed by atoms with van der Waals surface area (Å²) in [5.41, 5.74) is 3.02. The molecule has 2 atom stereocenters. The molecule has 4 heterocycles. The average molecular weight is 540 g/mol. The van der Waals surface area contributed by atoms with E-state index in [1.54, 1.807) is 18.2 Å². The van der Waals surface area contributed by atoms with E-state index in [0.29, 0.717) is 41.6 Å². The van der Waals surface area contributed by atoms with Crippen molar-refractivity contribution in [1.29, 1.82) is 0 Å². The number of anilines is 3. The molecule has 2 aromatic heterocycles. The minimum absolute atomic E-state index is 0.0134. The van der Waals surface area contributed by atoms with Crippen LogP contribution in [0.25, 0.3) is 11.2 Å². The molecule has 2 N–H and O–H groups in total. The third kappa shape index (κ3) is 5.02. The Hall–Kier alpha value is -3.02. The number of ether oxygens (including phenoxy) is 2. The summed E-state index contributed by atoms with van der Waals surface area (Å²) in [4.78, 5) is 22.4. The number of hydrogen-bond acceptors (Lipinski definition) is 8. The number of aromatic nitrogens is 3. The van der Waals surface area contributed by atoms with Crippen LogP contribution in [0.4, 0.5) is 17.2 Å². The van der Waals surface area contributed by atoms with Crippen molar-refractivity contribution in [3.05, 3.63) is 35.7 Å². The number of pyridine rings is 1. The minimum atomic E-state index is -3.56. The van der Waals surface area contributed by atoms with Gasteiger partial charge in [0.15, 0.2) is 15.5 Å². The average Bonchev–Trinajstić information content (AvgIpc) is 3.49. The maximum Gasteiger partial charge on any atom is 0.228 e. The van der Waals surface area contributed by atoms with Crippen LogP contribution in [0.5, 0.6) is 0 Å². The van der Waals surface area contributed by atoms with E-state index < -0.39 is 9.84 Å². The Morgan fingerprint density at radius 2 is 1.82 bits per heavy atom. The van der Waals surface area contributed by atoms with Crippen molar-refractivity contribution in [2.24, 2.45) is 5.92 Å². The van der Waals surface area contributed by atoms with Gasteiger partial charge in [-0.25, -0.2) is 18.4 Å². The normalized spacial score (nSPS) is 22.1. The van der Waals surface area contributed by atoms with Crippen molar-refractivity contribution in [2.75, 3.05) is 30.1 Å². The van der Waals surface area contributed by atoms with Crippen molar-refractivity contribution >= 4 is 44.1 Å². The molecule has 1 aromatic carbocycles. The molecule has 0 bridgehead atoms. The largest absolute Gasteiger partial charge is 0.374 e. The fourth-order valence-electron chi connectivity index (χ4n) is 5.31. The van der Waals surface area contributed by atoms with Gasteiger partial charge in [0.05, 0.1) is 22.4 Å². The van der Waals surface area contributed by atoms with Gasteiger partial charge in [-0.05, 0) is 69.6 Å². The van der Waals surface area contributed by atoms with Crippen LogP contribution >= 0.6 is 0 Å². The lowest BCUT2D eigenvalue weighted by Gasteiger charge is -2.25. The number of carbonyl (C=O) groups is 1. The summed E-state index contributed by atoms with van der Waals surface area (Å²) in [6.07, 6.45) is 7.38. The van der Waals surface area contributed by atoms with Crippen LogP contribution in [0.15, 0.2) is 29.2 Å². The molecule has 11 heteroatoms. The predicted molar refractivity (Wildman–Crippen MR) is 143 cm³/mol. The number of fused-ring (bicyclic) bond motifs is 1. The molecule has 2 unspecified atom stereocenters. The van der Waals surface area contributed by atoms with Crippen LogP contribution in [0, 0.1) is 12.8 Å². The van der Waals surface area contributed by atoms with Crippen LogP contribution in [0.1, 0.15) is 68.7 Å². The SMILES string of the molecule is Cc1nc2c(Nc3ccc(C4CCCO4)cc3S(C)(=O)=O)cc(NC(=O)C3CC3)nc2n1C1CCCCO1. The molecule has 2 saturated heterocycles. The van der Waals surface area contributed by atoms with Crippen molar-refractivity contribution in [3.63, 3.8) is 0 Å². The molecule has 1 amide bonds. The molecule has 3 aromatic rings. The Morgan fingerprint density at radius 3 is 2.50 bits per heavy atom. The molecule has 2 aliphatic heterocycles. The van der Waals surface area contributed by atoms with Gasteiger partial charge in [-0.15, -0.1) is 0 Å². The minimum Gasteiger partial charge on any atom is -0.374 e. The van der Waals surface area contributed by atoms with Crippen LogP contribution in [-0.4, -0.2) is 48.3 Å². The second-order valence-electron chi connectivity index (χ2n) is 10.5. The summed E-state index contributed by atoms with van der Waals surface area (Å²) in [5, 5.41) is 6.26. The number of hydrogen-bond donors (Lipinski definition) is 2. The van der Waals surface area contributed by atoms with Gasteiger partial charge >= 0.3 is 0 Å². The Morgan fingerprint density at radius 1 is 1.00 bits per heavy atom. The number of sulfone groups is 1. The van der Waals surface area contributed by atoms with E-state index in [1.165, 1.54) is 6.26 Å². The van der Waals surface area contributed by atoms with E-state index in [9.17, 15) is 13.2 Å². The summed E-state index contributed by atoms with van der Waals surface area (Å²) in [7, 11) is -3.56. The summed E-state index contributed by atoms with van der Waals surface area (Å²) >= 11 is 0. The maximum absolute atomic E-state index is 12.8. The Balaban J connectivity index is 1.44. The topological polar surface area (TPSA) is 124 Å². The van der Waals surface area contributed by atoms with Gasteiger partial charge in [0.2, 0.25) is 5.91 Å². The van der Waals surface area contributed by atoms with Gasteiger partial charge in [0.1, 0.15) is 23.4 Å². The van der Waals surface area contributed by atoms with E-state index >= 15 is 0 Å². The van der Waals surface area contributed by atoms with E-state index in [-0.39, 0.29) is 29.1 Å². The van der Waals surface area contributed by atoms with Gasteiger partial charge in [-0.2, -0.15) is 0 Å².